The zero-order valence-corrected chi connectivity index (χ0v) is 18.8. The van der Waals surface area contributed by atoms with E-state index in [1.165, 1.54) is 0 Å². The van der Waals surface area contributed by atoms with E-state index in [1.807, 2.05) is 52.0 Å². The van der Waals surface area contributed by atoms with Gasteiger partial charge in [-0.15, -0.1) is 24.0 Å². The molecule has 2 rings (SSSR count). The Bertz CT molecular complexity index is 703. The smallest absolute Gasteiger partial charge is 0.228 e. The molecule has 7 nitrogen and oxygen atoms in total. The number of rotatable bonds is 9. The third-order valence-electron chi connectivity index (χ3n) is 3.66. The van der Waals surface area contributed by atoms with E-state index in [2.05, 4.69) is 25.8 Å². The van der Waals surface area contributed by atoms with Crippen LogP contribution in [0.15, 0.2) is 33.8 Å². The molecule has 0 aliphatic carbocycles. The van der Waals surface area contributed by atoms with E-state index < -0.39 is 0 Å². The van der Waals surface area contributed by atoms with Crippen LogP contribution in [0.25, 0.3) is 0 Å². The number of nitrogens with one attached hydrogen (secondary N) is 2. The first-order chi connectivity index (χ1) is 12.6. The molecule has 0 radical (unpaired) electrons. The van der Waals surface area contributed by atoms with Crippen molar-refractivity contribution in [2.24, 2.45) is 4.99 Å². The number of aliphatic imine (C=N–C) groups is 1. The predicted molar refractivity (Wildman–Crippen MR) is 118 cm³/mol. The Balaban J connectivity index is 0.00000364. The molecule has 2 aromatic rings. The molecule has 1 aromatic heterocycles. The number of hydrogen-bond acceptors (Lipinski definition) is 5. The highest BCUT2D eigenvalue weighted by molar-refractivity contribution is 14.0. The van der Waals surface area contributed by atoms with Crippen molar-refractivity contribution < 1.29 is 9.26 Å². The first kappa shape index (κ1) is 23.2. The second-order valence-corrected chi connectivity index (χ2v) is 6.11. The van der Waals surface area contributed by atoms with Gasteiger partial charge >= 0.3 is 0 Å². The molecule has 27 heavy (non-hydrogen) atoms. The number of ether oxygens (including phenoxy) is 1. The molecular weight excluding hydrogens is 457 g/mol. The first-order valence-corrected chi connectivity index (χ1v) is 9.19. The molecule has 0 bridgehead atoms. The molecule has 0 atom stereocenters. The van der Waals surface area contributed by atoms with Crippen LogP contribution in [0, 0.1) is 0 Å². The second kappa shape index (κ2) is 12.5. The molecule has 0 spiro atoms. The van der Waals surface area contributed by atoms with Gasteiger partial charge in [0.05, 0.1) is 13.2 Å². The van der Waals surface area contributed by atoms with Gasteiger partial charge in [-0.3, -0.25) is 0 Å². The van der Waals surface area contributed by atoms with E-state index in [9.17, 15) is 0 Å². The van der Waals surface area contributed by atoms with Crippen molar-refractivity contribution >= 4 is 29.9 Å². The van der Waals surface area contributed by atoms with Gasteiger partial charge in [-0.25, -0.2) is 4.99 Å². The lowest BCUT2D eigenvalue weighted by atomic mass is 10.2. The average molecular weight is 487 g/mol. The Morgan fingerprint density at radius 2 is 2.00 bits per heavy atom. The molecule has 0 saturated heterocycles. The van der Waals surface area contributed by atoms with Crippen LogP contribution in [0.2, 0.25) is 0 Å². The molecule has 0 saturated carbocycles. The van der Waals surface area contributed by atoms with Gasteiger partial charge < -0.3 is 19.9 Å². The maximum Gasteiger partial charge on any atom is 0.228 e. The fourth-order valence-corrected chi connectivity index (χ4v) is 2.33. The normalized spacial score (nSPS) is 11.2. The Hall–Kier alpha value is -1.84. The first-order valence-electron chi connectivity index (χ1n) is 9.19. The molecule has 0 aliphatic heterocycles. The Kier molecular flexibility index (Phi) is 10.8. The van der Waals surface area contributed by atoms with Gasteiger partial charge in [0, 0.05) is 31.0 Å². The summed E-state index contributed by atoms with van der Waals surface area (Å²) in [6.45, 7) is 10.7. The Morgan fingerprint density at radius 1 is 1.22 bits per heavy atom. The number of halogens is 1. The molecule has 0 amide bonds. The molecule has 150 valence electrons. The summed E-state index contributed by atoms with van der Waals surface area (Å²) < 4.78 is 10.9. The van der Waals surface area contributed by atoms with Crippen molar-refractivity contribution in [1.82, 2.24) is 20.8 Å². The summed E-state index contributed by atoms with van der Waals surface area (Å²) in [5.74, 6) is 3.28. The third-order valence-corrected chi connectivity index (χ3v) is 3.66. The summed E-state index contributed by atoms with van der Waals surface area (Å²) >= 11 is 0. The maximum absolute atomic E-state index is 5.65. The number of aromatic nitrogens is 2. The summed E-state index contributed by atoms with van der Waals surface area (Å²) in [6, 6.07) is 7.97. The van der Waals surface area contributed by atoms with Crippen molar-refractivity contribution in [3.8, 4) is 5.75 Å². The molecule has 1 aromatic carbocycles. The van der Waals surface area contributed by atoms with Crippen LogP contribution in [0.3, 0.4) is 0 Å². The molecule has 8 heteroatoms. The fraction of sp³-hybridized carbons (Fsp3) is 0.526. The highest BCUT2D eigenvalue weighted by Gasteiger charge is 2.09. The molecular formula is C19H30IN5O2. The van der Waals surface area contributed by atoms with Crippen molar-refractivity contribution in [1.29, 1.82) is 0 Å². The lowest BCUT2D eigenvalue weighted by Gasteiger charge is -2.12. The maximum atomic E-state index is 5.65. The largest absolute Gasteiger partial charge is 0.494 e. The van der Waals surface area contributed by atoms with Crippen LogP contribution >= 0.6 is 24.0 Å². The third kappa shape index (κ3) is 7.74. The van der Waals surface area contributed by atoms with Crippen molar-refractivity contribution in [2.45, 2.75) is 46.6 Å². The lowest BCUT2D eigenvalue weighted by Crippen LogP contribution is -2.38. The number of nitrogens with zero attached hydrogens (tertiary/aromatic N) is 3. The van der Waals surface area contributed by atoms with Crippen LogP contribution in [-0.2, 0) is 13.0 Å². The van der Waals surface area contributed by atoms with Crippen LogP contribution in [0.5, 0.6) is 5.75 Å². The van der Waals surface area contributed by atoms with E-state index in [0.717, 1.165) is 29.6 Å². The van der Waals surface area contributed by atoms with Crippen LogP contribution in [0.4, 0.5) is 0 Å². The van der Waals surface area contributed by atoms with Crippen molar-refractivity contribution in [2.75, 3.05) is 19.7 Å². The standard InChI is InChI=1S/C19H29N5O2.HI/c1-5-20-19(21-12-11-17-23-18(14(3)4)24-26-17)22-13-15-9-7-8-10-16(15)25-6-2;/h7-10,14H,5-6,11-13H2,1-4H3,(H2,20,21,22);1H. The number of hydrogen-bond donors (Lipinski definition) is 2. The summed E-state index contributed by atoms with van der Waals surface area (Å²) in [4.78, 5) is 9.02. The summed E-state index contributed by atoms with van der Waals surface area (Å²) in [5, 5.41) is 10.5. The molecule has 0 fully saturated rings. The van der Waals surface area contributed by atoms with Gasteiger partial charge in [-0.2, -0.15) is 4.98 Å². The van der Waals surface area contributed by atoms with Crippen LogP contribution in [-0.4, -0.2) is 35.8 Å². The minimum absolute atomic E-state index is 0. The van der Waals surface area contributed by atoms with E-state index in [4.69, 9.17) is 9.26 Å². The minimum Gasteiger partial charge on any atom is -0.494 e. The number of benzene rings is 1. The quantitative estimate of drug-likeness (QED) is 0.320. The zero-order chi connectivity index (χ0) is 18.8. The molecule has 0 unspecified atom stereocenters. The number of guanidine groups is 1. The van der Waals surface area contributed by atoms with Gasteiger partial charge in [-0.05, 0) is 19.9 Å². The van der Waals surface area contributed by atoms with Gasteiger partial charge in [0.1, 0.15) is 5.75 Å². The lowest BCUT2D eigenvalue weighted by molar-refractivity contribution is 0.336. The van der Waals surface area contributed by atoms with Gasteiger partial charge in [0.15, 0.2) is 11.8 Å². The van der Waals surface area contributed by atoms with Gasteiger partial charge in [0.25, 0.3) is 0 Å². The van der Waals surface area contributed by atoms with Crippen LogP contribution in [0.1, 0.15) is 50.9 Å². The molecule has 1 heterocycles. The van der Waals surface area contributed by atoms with Crippen LogP contribution < -0.4 is 15.4 Å². The fourth-order valence-electron chi connectivity index (χ4n) is 2.33. The zero-order valence-electron chi connectivity index (χ0n) is 16.5. The average Bonchev–Trinajstić information content (AvgIpc) is 3.10. The summed E-state index contributed by atoms with van der Waals surface area (Å²) in [7, 11) is 0. The summed E-state index contributed by atoms with van der Waals surface area (Å²) in [5.41, 5.74) is 1.06. The van der Waals surface area contributed by atoms with E-state index in [1.54, 1.807) is 0 Å². The highest BCUT2D eigenvalue weighted by Crippen LogP contribution is 2.18. The van der Waals surface area contributed by atoms with E-state index in [-0.39, 0.29) is 29.9 Å². The minimum atomic E-state index is 0. The predicted octanol–water partition coefficient (Wildman–Crippen LogP) is 3.51. The van der Waals surface area contributed by atoms with E-state index in [0.29, 0.717) is 32.0 Å². The molecule has 2 N–H and O–H groups in total. The van der Waals surface area contributed by atoms with Crippen molar-refractivity contribution in [3.63, 3.8) is 0 Å². The second-order valence-electron chi connectivity index (χ2n) is 6.11. The van der Waals surface area contributed by atoms with E-state index >= 15 is 0 Å². The number of para-hydroxylation sites is 1. The highest BCUT2D eigenvalue weighted by atomic mass is 127. The van der Waals surface area contributed by atoms with Gasteiger partial charge in [-0.1, -0.05) is 37.2 Å². The van der Waals surface area contributed by atoms with Gasteiger partial charge in [0.2, 0.25) is 5.89 Å². The SMILES string of the molecule is CCNC(=NCc1ccccc1OCC)NCCc1nc(C(C)C)no1.I. The Labute approximate surface area is 178 Å². The Morgan fingerprint density at radius 3 is 2.67 bits per heavy atom. The molecule has 0 aliphatic rings. The summed E-state index contributed by atoms with van der Waals surface area (Å²) in [6.07, 6.45) is 0.652. The van der Waals surface area contributed by atoms with Crippen molar-refractivity contribution in [3.05, 3.63) is 41.5 Å². The monoisotopic (exact) mass is 487 g/mol. The topological polar surface area (TPSA) is 84.6 Å².